The van der Waals surface area contributed by atoms with Gasteiger partial charge in [-0.15, -0.1) is 5.92 Å². The molecule has 0 bridgehead atoms. The molecule has 7 heteroatoms. The minimum atomic E-state index is -0.946. The van der Waals surface area contributed by atoms with Gasteiger partial charge in [-0.2, -0.15) is 5.10 Å². The van der Waals surface area contributed by atoms with Crippen molar-refractivity contribution >= 4 is 23.3 Å². The Morgan fingerprint density at radius 3 is 2.71 bits per heavy atom. The van der Waals surface area contributed by atoms with Crippen LogP contribution < -0.4 is 10.6 Å². The Morgan fingerprint density at radius 1 is 1.11 bits per heavy atom. The number of nitrogens with two attached hydrogens (primary N) is 1. The highest BCUT2D eigenvalue weighted by molar-refractivity contribution is 5.99. The number of nitrogens with zero attached hydrogens (tertiary/aromatic N) is 5. The molecule has 0 spiro atoms. The van der Waals surface area contributed by atoms with Crippen molar-refractivity contribution in [2.75, 3.05) is 24.5 Å². The Hall–Kier alpha value is -3.86. The summed E-state index contributed by atoms with van der Waals surface area (Å²) in [4.78, 5) is 7.22. The molecule has 2 unspecified atom stereocenters. The third-order valence-corrected chi connectivity index (χ3v) is 7.75. The van der Waals surface area contributed by atoms with Crippen LogP contribution in [-0.2, 0) is 13.0 Å². The fourth-order valence-corrected chi connectivity index (χ4v) is 5.89. The minimum Gasteiger partial charge on any atom is -0.367 e. The Labute approximate surface area is 224 Å². The topological polar surface area (TPSA) is 82.9 Å². The Kier molecular flexibility index (Phi) is 6.52. The number of rotatable bonds is 4. The molecule has 0 saturated carbocycles. The lowest BCUT2D eigenvalue weighted by molar-refractivity contribution is 0.00418. The zero-order valence-electron chi connectivity index (χ0n) is 22.1. The van der Waals surface area contributed by atoms with Crippen molar-refractivity contribution in [3.05, 3.63) is 82.2 Å². The van der Waals surface area contributed by atoms with E-state index in [1.165, 1.54) is 22.3 Å². The zero-order valence-corrected chi connectivity index (χ0v) is 22.1. The van der Waals surface area contributed by atoms with E-state index in [-0.39, 0.29) is 6.04 Å². The summed E-state index contributed by atoms with van der Waals surface area (Å²) in [6.45, 7) is 6.37. The van der Waals surface area contributed by atoms with Crippen LogP contribution in [0.25, 0.3) is 11.6 Å². The number of hydrogen-bond donors (Lipinski definition) is 2. The smallest absolute Gasteiger partial charge is 0.207 e. The minimum absolute atomic E-state index is 0.115. The van der Waals surface area contributed by atoms with Crippen LogP contribution in [0.3, 0.4) is 0 Å². The summed E-state index contributed by atoms with van der Waals surface area (Å²) in [6.07, 6.45) is 4.22. The summed E-state index contributed by atoms with van der Waals surface area (Å²) in [5, 5.41) is 18.4. The van der Waals surface area contributed by atoms with Gasteiger partial charge >= 0.3 is 0 Å². The Bertz CT molecular complexity index is 1490. The van der Waals surface area contributed by atoms with Crippen molar-refractivity contribution in [1.82, 2.24) is 14.6 Å². The van der Waals surface area contributed by atoms with E-state index < -0.39 is 6.23 Å². The first kappa shape index (κ1) is 24.5. The molecule has 2 aliphatic heterocycles. The average molecular weight is 507 g/mol. The van der Waals surface area contributed by atoms with Gasteiger partial charge in [0.25, 0.3) is 0 Å². The quantitative estimate of drug-likeness (QED) is 0.523. The fourth-order valence-electron chi connectivity index (χ4n) is 5.89. The van der Waals surface area contributed by atoms with Crippen LogP contribution >= 0.6 is 0 Å². The fraction of sp³-hybridized carbons (Fsp3) is 0.355. The molecular formula is C31H34N6O. The number of hydrazone groups is 1. The zero-order chi connectivity index (χ0) is 26.2. The molecule has 0 amide bonds. The molecule has 6 rings (SSSR count). The van der Waals surface area contributed by atoms with Crippen molar-refractivity contribution in [3.8, 4) is 11.8 Å². The number of anilines is 1. The molecule has 3 aliphatic rings. The number of aliphatic hydroxyl groups is 1. The van der Waals surface area contributed by atoms with Crippen LogP contribution in [0, 0.1) is 11.8 Å². The summed E-state index contributed by atoms with van der Waals surface area (Å²) in [7, 11) is 0. The van der Waals surface area contributed by atoms with Crippen LogP contribution in [0.15, 0.2) is 53.6 Å². The van der Waals surface area contributed by atoms with Gasteiger partial charge in [0.2, 0.25) is 5.95 Å². The van der Waals surface area contributed by atoms with E-state index in [0.29, 0.717) is 13.1 Å². The van der Waals surface area contributed by atoms with Gasteiger partial charge in [-0.1, -0.05) is 54.5 Å². The number of aliphatic hydroxyl groups excluding tert-OH is 1. The first-order valence-electron chi connectivity index (χ1n) is 13.4. The van der Waals surface area contributed by atoms with Crippen molar-refractivity contribution < 1.29 is 5.11 Å². The SMILES string of the molecule is CC#CCn1c(N2CCCC(N)C2)nc2c1C(O)N(CC1=Cc3ccccc3Cc3ccccc31)N=C2C. The lowest BCUT2D eigenvalue weighted by Gasteiger charge is -2.33. The molecule has 1 aliphatic carbocycles. The predicted molar refractivity (Wildman–Crippen MR) is 153 cm³/mol. The lowest BCUT2D eigenvalue weighted by Crippen LogP contribution is -2.44. The van der Waals surface area contributed by atoms with Gasteiger partial charge in [-0.05, 0) is 67.0 Å². The lowest BCUT2D eigenvalue weighted by atomic mass is 9.97. The molecule has 194 valence electrons. The predicted octanol–water partition coefficient (Wildman–Crippen LogP) is 4.01. The highest BCUT2D eigenvalue weighted by Crippen LogP contribution is 2.36. The largest absolute Gasteiger partial charge is 0.367 e. The van der Waals surface area contributed by atoms with Crippen molar-refractivity contribution in [2.24, 2.45) is 10.8 Å². The van der Waals surface area contributed by atoms with Crippen LogP contribution in [0.4, 0.5) is 5.95 Å². The summed E-state index contributed by atoms with van der Waals surface area (Å²) < 4.78 is 2.06. The summed E-state index contributed by atoms with van der Waals surface area (Å²) in [6, 6.07) is 17.2. The molecular weight excluding hydrogens is 472 g/mol. The van der Waals surface area contributed by atoms with Gasteiger partial charge in [0.1, 0.15) is 11.4 Å². The van der Waals surface area contributed by atoms with Crippen molar-refractivity contribution in [3.63, 3.8) is 0 Å². The average Bonchev–Trinajstić information content (AvgIpc) is 3.23. The molecule has 7 nitrogen and oxygen atoms in total. The standard InChI is InChI=1S/C31H34N6O/c1-3-4-16-36-29-28(33-31(36)35-15-9-13-26(32)20-35)21(2)34-37(30(29)38)19-25-18-23-11-6-5-10-22(23)17-24-12-7-8-14-27(24)25/h5-8,10-12,14,18,26,30,38H,9,13,15-17,19-20,32H2,1-2H3. The normalized spacial score (nSPS) is 20.3. The van der Waals surface area contributed by atoms with Crippen LogP contribution in [0.1, 0.15) is 66.6 Å². The highest BCUT2D eigenvalue weighted by atomic mass is 16.3. The molecule has 2 atom stereocenters. The summed E-state index contributed by atoms with van der Waals surface area (Å²) >= 11 is 0. The van der Waals surface area contributed by atoms with Crippen molar-refractivity contribution in [2.45, 2.75) is 51.9 Å². The van der Waals surface area contributed by atoms with E-state index in [1.54, 1.807) is 5.01 Å². The maximum atomic E-state index is 11.8. The maximum Gasteiger partial charge on any atom is 0.207 e. The second-order valence-corrected chi connectivity index (χ2v) is 10.4. The molecule has 3 aromatic rings. The third kappa shape index (κ3) is 4.40. The summed E-state index contributed by atoms with van der Waals surface area (Å²) in [5.41, 5.74) is 14.7. The monoisotopic (exact) mass is 506 g/mol. The van der Waals surface area contributed by atoms with Crippen LogP contribution in [-0.4, -0.2) is 51.1 Å². The number of aromatic nitrogens is 2. The first-order chi connectivity index (χ1) is 18.5. The van der Waals surface area contributed by atoms with E-state index in [2.05, 4.69) is 75.9 Å². The van der Waals surface area contributed by atoms with E-state index in [0.717, 1.165) is 61.0 Å². The molecule has 3 heterocycles. The molecule has 0 radical (unpaired) electrons. The molecule has 3 N–H and O–H groups in total. The van der Waals surface area contributed by atoms with Crippen LogP contribution in [0.2, 0.25) is 0 Å². The summed E-state index contributed by atoms with van der Waals surface area (Å²) in [5.74, 6) is 7.01. The van der Waals surface area contributed by atoms with Gasteiger partial charge < -0.3 is 15.7 Å². The maximum absolute atomic E-state index is 11.8. The van der Waals surface area contributed by atoms with E-state index >= 15 is 0 Å². The molecule has 1 fully saturated rings. The van der Waals surface area contributed by atoms with E-state index in [1.807, 2.05) is 13.8 Å². The first-order valence-corrected chi connectivity index (χ1v) is 13.4. The number of piperidine rings is 1. The van der Waals surface area contributed by atoms with Gasteiger partial charge in [-0.25, -0.2) is 4.98 Å². The van der Waals surface area contributed by atoms with E-state index in [9.17, 15) is 5.11 Å². The number of imidazole rings is 1. The molecule has 2 aromatic carbocycles. The van der Waals surface area contributed by atoms with E-state index in [4.69, 9.17) is 15.8 Å². The Morgan fingerprint density at radius 2 is 1.89 bits per heavy atom. The second kappa shape index (κ2) is 10.1. The van der Waals surface area contributed by atoms with Gasteiger partial charge in [-0.3, -0.25) is 9.58 Å². The molecule has 1 saturated heterocycles. The van der Waals surface area contributed by atoms with Gasteiger partial charge in [0.05, 0.1) is 18.8 Å². The molecule has 1 aromatic heterocycles. The Balaban J connectivity index is 1.40. The number of fused-ring (bicyclic) bond motifs is 3. The number of benzene rings is 2. The highest BCUT2D eigenvalue weighted by Gasteiger charge is 2.35. The van der Waals surface area contributed by atoms with Crippen LogP contribution in [0.5, 0.6) is 0 Å². The third-order valence-electron chi connectivity index (χ3n) is 7.75. The van der Waals surface area contributed by atoms with Gasteiger partial charge in [0, 0.05) is 19.1 Å². The second-order valence-electron chi connectivity index (χ2n) is 10.4. The molecule has 38 heavy (non-hydrogen) atoms. The van der Waals surface area contributed by atoms with Crippen molar-refractivity contribution in [1.29, 1.82) is 0 Å². The number of hydrogen-bond acceptors (Lipinski definition) is 6. The van der Waals surface area contributed by atoms with Gasteiger partial charge in [0.15, 0.2) is 6.23 Å².